The minimum atomic E-state index is -0.571. The van der Waals surface area contributed by atoms with Crippen molar-refractivity contribution >= 4 is 5.91 Å². The Morgan fingerprint density at radius 2 is 2.23 bits per heavy atom. The molecule has 6 nitrogen and oxygen atoms in total. The molecule has 1 aliphatic heterocycles. The molecule has 3 rings (SSSR count). The van der Waals surface area contributed by atoms with Crippen molar-refractivity contribution in [1.29, 1.82) is 0 Å². The Kier molecular flexibility index (Phi) is 4.57. The lowest BCUT2D eigenvalue weighted by Crippen LogP contribution is -2.40. The molecule has 2 heterocycles. The van der Waals surface area contributed by atoms with Gasteiger partial charge in [-0.15, -0.1) is 0 Å². The molecule has 1 amide bonds. The van der Waals surface area contributed by atoms with Gasteiger partial charge in [-0.05, 0) is 50.5 Å². The van der Waals surface area contributed by atoms with Crippen molar-refractivity contribution in [2.24, 2.45) is 5.92 Å². The number of nitrogens with one attached hydrogen (secondary N) is 1. The molecule has 0 bridgehead atoms. The van der Waals surface area contributed by atoms with E-state index in [1.807, 2.05) is 0 Å². The van der Waals surface area contributed by atoms with Crippen LogP contribution < -0.4 is 10.9 Å². The highest BCUT2D eigenvalue weighted by Crippen LogP contribution is 2.18. The molecule has 120 valence electrons. The fourth-order valence-electron chi connectivity index (χ4n) is 3.15. The van der Waals surface area contributed by atoms with Gasteiger partial charge in [0, 0.05) is 25.8 Å². The largest absolute Gasteiger partial charge is 0.381 e. The number of nitrogens with zero attached hydrogens (tertiary/aromatic N) is 2. The average molecular weight is 305 g/mol. The first-order valence-electron chi connectivity index (χ1n) is 8.12. The lowest BCUT2D eigenvalue weighted by Gasteiger charge is -2.23. The maximum Gasteiger partial charge on any atom is 0.267 e. The van der Waals surface area contributed by atoms with E-state index < -0.39 is 6.04 Å². The molecule has 0 aromatic carbocycles. The van der Waals surface area contributed by atoms with Crippen LogP contribution in [0.5, 0.6) is 0 Å². The number of carbonyl (C=O) groups excluding carboxylic acids is 1. The van der Waals surface area contributed by atoms with Gasteiger partial charge in [-0.3, -0.25) is 9.59 Å². The number of hydrogen-bond donors (Lipinski definition) is 1. The zero-order valence-corrected chi connectivity index (χ0v) is 13.0. The van der Waals surface area contributed by atoms with Crippen LogP contribution in [0.1, 0.15) is 43.5 Å². The van der Waals surface area contributed by atoms with E-state index in [0.717, 1.165) is 56.6 Å². The van der Waals surface area contributed by atoms with Crippen molar-refractivity contribution < 1.29 is 9.53 Å². The number of carbonyl (C=O) groups is 1. The second-order valence-electron chi connectivity index (χ2n) is 6.23. The first kappa shape index (κ1) is 15.2. The molecule has 1 fully saturated rings. The van der Waals surface area contributed by atoms with E-state index in [0.29, 0.717) is 12.5 Å². The van der Waals surface area contributed by atoms with Gasteiger partial charge in [0.05, 0.1) is 5.69 Å². The number of fused-ring (bicyclic) bond motifs is 1. The molecule has 6 heteroatoms. The molecule has 1 atom stereocenters. The van der Waals surface area contributed by atoms with Crippen molar-refractivity contribution in [3.63, 3.8) is 0 Å². The maximum atomic E-state index is 12.3. The van der Waals surface area contributed by atoms with Crippen LogP contribution in [-0.4, -0.2) is 35.4 Å². The minimum Gasteiger partial charge on any atom is -0.381 e. The van der Waals surface area contributed by atoms with E-state index >= 15 is 0 Å². The summed E-state index contributed by atoms with van der Waals surface area (Å²) in [7, 11) is 0. The van der Waals surface area contributed by atoms with E-state index in [4.69, 9.17) is 4.74 Å². The molecule has 0 saturated carbocycles. The Labute approximate surface area is 129 Å². The van der Waals surface area contributed by atoms with Crippen LogP contribution >= 0.6 is 0 Å². The topological polar surface area (TPSA) is 73.2 Å². The van der Waals surface area contributed by atoms with Gasteiger partial charge in [0.25, 0.3) is 5.56 Å². The number of rotatable bonds is 4. The number of hydrogen-bond acceptors (Lipinski definition) is 4. The normalized spacial score (nSPS) is 19.7. The highest BCUT2D eigenvalue weighted by atomic mass is 16.5. The highest BCUT2D eigenvalue weighted by Gasteiger charge is 2.22. The van der Waals surface area contributed by atoms with Gasteiger partial charge in [0.15, 0.2) is 0 Å². The second kappa shape index (κ2) is 6.60. The van der Waals surface area contributed by atoms with Crippen LogP contribution in [0.25, 0.3) is 0 Å². The SMILES string of the molecule is C[C@H](C(=O)NCC1CCOCC1)n1nc2c(cc1=O)CCC2. The second-order valence-corrected chi connectivity index (χ2v) is 6.23. The third kappa shape index (κ3) is 3.21. The van der Waals surface area contributed by atoms with E-state index in [-0.39, 0.29) is 11.5 Å². The zero-order chi connectivity index (χ0) is 15.5. The average Bonchev–Trinajstić information content (AvgIpc) is 2.99. The summed E-state index contributed by atoms with van der Waals surface area (Å²) in [6.07, 6.45) is 4.81. The summed E-state index contributed by atoms with van der Waals surface area (Å²) >= 11 is 0. The molecule has 1 N–H and O–H groups in total. The van der Waals surface area contributed by atoms with E-state index in [1.54, 1.807) is 13.0 Å². The Hall–Kier alpha value is -1.69. The van der Waals surface area contributed by atoms with Crippen LogP contribution in [0.4, 0.5) is 0 Å². The van der Waals surface area contributed by atoms with Gasteiger partial charge in [-0.25, -0.2) is 4.68 Å². The van der Waals surface area contributed by atoms with Crippen LogP contribution in [0, 0.1) is 5.92 Å². The fourth-order valence-corrected chi connectivity index (χ4v) is 3.15. The van der Waals surface area contributed by atoms with Crippen molar-refractivity contribution in [3.8, 4) is 0 Å². The Morgan fingerprint density at radius 1 is 1.45 bits per heavy atom. The van der Waals surface area contributed by atoms with Crippen LogP contribution in [0.3, 0.4) is 0 Å². The summed E-state index contributed by atoms with van der Waals surface area (Å²) in [5.41, 5.74) is 1.81. The summed E-state index contributed by atoms with van der Waals surface area (Å²) < 4.78 is 6.64. The summed E-state index contributed by atoms with van der Waals surface area (Å²) in [5.74, 6) is 0.327. The quantitative estimate of drug-likeness (QED) is 0.894. The van der Waals surface area contributed by atoms with E-state index in [2.05, 4.69) is 10.4 Å². The molecular weight excluding hydrogens is 282 g/mol. The molecule has 1 aromatic heterocycles. The number of amides is 1. The molecule has 2 aliphatic rings. The van der Waals surface area contributed by atoms with Gasteiger partial charge in [0.1, 0.15) is 6.04 Å². The van der Waals surface area contributed by atoms with Crippen LogP contribution in [-0.2, 0) is 22.4 Å². The number of aryl methyl sites for hydroxylation is 2. The van der Waals surface area contributed by atoms with E-state index in [9.17, 15) is 9.59 Å². The third-order valence-electron chi connectivity index (χ3n) is 4.63. The van der Waals surface area contributed by atoms with Gasteiger partial charge < -0.3 is 10.1 Å². The lowest BCUT2D eigenvalue weighted by atomic mass is 10.0. The lowest BCUT2D eigenvalue weighted by molar-refractivity contribution is -0.124. The zero-order valence-electron chi connectivity index (χ0n) is 13.0. The molecule has 1 aliphatic carbocycles. The van der Waals surface area contributed by atoms with Gasteiger partial charge >= 0.3 is 0 Å². The van der Waals surface area contributed by atoms with Crippen LogP contribution in [0.15, 0.2) is 10.9 Å². The van der Waals surface area contributed by atoms with Crippen molar-refractivity contribution in [1.82, 2.24) is 15.1 Å². The molecule has 0 unspecified atom stereocenters. The maximum absolute atomic E-state index is 12.3. The molecule has 0 radical (unpaired) electrons. The monoisotopic (exact) mass is 305 g/mol. The predicted molar refractivity (Wildman–Crippen MR) is 81.8 cm³/mol. The van der Waals surface area contributed by atoms with Gasteiger partial charge in [0.2, 0.25) is 5.91 Å². The first-order chi connectivity index (χ1) is 10.6. The Bertz CT molecular complexity index is 605. The Morgan fingerprint density at radius 3 is 3.00 bits per heavy atom. The number of aromatic nitrogens is 2. The summed E-state index contributed by atoms with van der Waals surface area (Å²) in [4.78, 5) is 24.4. The standard InChI is InChI=1S/C16H23N3O3/c1-11(16(21)17-10-12-5-7-22-8-6-12)19-15(20)9-13-3-2-4-14(13)18-19/h9,11-12H,2-8,10H2,1H3,(H,17,21)/t11-/m1/s1. The molecule has 0 spiro atoms. The highest BCUT2D eigenvalue weighted by molar-refractivity contribution is 5.79. The molecule has 22 heavy (non-hydrogen) atoms. The van der Waals surface area contributed by atoms with Crippen LogP contribution in [0.2, 0.25) is 0 Å². The minimum absolute atomic E-state index is 0.140. The van der Waals surface area contributed by atoms with Crippen molar-refractivity contribution in [3.05, 3.63) is 27.7 Å². The third-order valence-corrected chi connectivity index (χ3v) is 4.63. The molecular formula is C16H23N3O3. The fraction of sp³-hybridized carbons (Fsp3) is 0.688. The molecule has 1 saturated heterocycles. The summed E-state index contributed by atoms with van der Waals surface area (Å²) in [5, 5.41) is 7.34. The summed E-state index contributed by atoms with van der Waals surface area (Å²) in [6, 6.07) is 1.07. The van der Waals surface area contributed by atoms with Crippen molar-refractivity contribution in [2.75, 3.05) is 19.8 Å². The Balaban J connectivity index is 1.64. The van der Waals surface area contributed by atoms with Crippen molar-refractivity contribution in [2.45, 2.75) is 45.1 Å². The number of ether oxygens (including phenoxy) is 1. The van der Waals surface area contributed by atoms with Gasteiger partial charge in [-0.2, -0.15) is 5.10 Å². The predicted octanol–water partition coefficient (Wildman–Crippen LogP) is 0.836. The van der Waals surface area contributed by atoms with Gasteiger partial charge in [-0.1, -0.05) is 0 Å². The first-order valence-corrected chi connectivity index (χ1v) is 8.12. The molecule has 1 aromatic rings. The summed E-state index contributed by atoms with van der Waals surface area (Å²) in [6.45, 7) is 3.91. The smallest absolute Gasteiger partial charge is 0.267 e. The van der Waals surface area contributed by atoms with E-state index in [1.165, 1.54) is 4.68 Å².